The van der Waals surface area contributed by atoms with Gasteiger partial charge in [-0.3, -0.25) is 9.78 Å². The number of ether oxygens (including phenoxy) is 1. The van der Waals surface area contributed by atoms with Crippen LogP contribution in [0.1, 0.15) is 48.9 Å². The zero-order valence-corrected chi connectivity index (χ0v) is 23.4. The molecule has 2 amide bonds. The van der Waals surface area contributed by atoms with Crippen molar-refractivity contribution < 1.29 is 18.7 Å². The molecule has 3 aromatic carbocycles. The molecule has 1 heterocycles. The molecule has 0 radical (unpaired) electrons. The standard InChI is InChI=1S/C33H34FN3O3/c1-21-19-35-20-22(2)28(21)26-17-16-25(18-27(26)34)36-31(38)30(40-32(39)37-33(3,4)5)29(23-12-8-6-9-13-23)24-14-10-7-11-15-24/h6-20,29-30H,1-5H3,(H,36,38)(H,37,39)/t30-/m0/s1. The van der Waals surface area contributed by atoms with Crippen LogP contribution in [0, 0.1) is 19.7 Å². The monoisotopic (exact) mass is 539 g/mol. The molecule has 0 aliphatic heterocycles. The summed E-state index contributed by atoms with van der Waals surface area (Å²) in [7, 11) is 0. The molecule has 206 valence electrons. The number of rotatable bonds is 7. The summed E-state index contributed by atoms with van der Waals surface area (Å²) in [4.78, 5) is 30.9. The van der Waals surface area contributed by atoms with Crippen LogP contribution in [-0.4, -0.2) is 28.6 Å². The Morgan fingerprint density at radius 2 is 1.40 bits per heavy atom. The lowest BCUT2D eigenvalue weighted by atomic mass is 9.86. The summed E-state index contributed by atoms with van der Waals surface area (Å²) < 4.78 is 21.2. The first kappa shape index (κ1) is 28.5. The first-order valence-corrected chi connectivity index (χ1v) is 13.1. The van der Waals surface area contributed by atoms with Crippen LogP contribution >= 0.6 is 0 Å². The molecule has 7 heteroatoms. The van der Waals surface area contributed by atoms with Crippen LogP contribution < -0.4 is 10.6 Å². The molecule has 1 aromatic heterocycles. The highest BCUT2D eigenvalue weighted by molar-refractivity contribution is 5.96. The molecule has 40 heavy (non-hydrogen) atoms. The maximum absolute atomic E-state index is 15.4. The number of anilines is 1. The molecule has 6 nitrogen and oxygen atoms in total. The molecule has 0 bridgehead atoms. The zero-order chi connectivity index (χ0) is 28.9. The zero-order valence-electron chi connectivity index (χ0n) is 23.4. The van der Waals surface area contributed by atoms with Gasteiger partial charge in [0.05, 0.1) is 5.92 Å². The Kier molecular flexibility index (Phi) is 8.63. The second-order valence-corrected chi connectivity index (χ2v) is 10.8. The average molecular weight is 540 g/mol. The second kappa shape index (κ2) is 12.1. The summed E-state index contributed by atoms with van der Waals surface area (Å²) in [6.07, 6.45) is 1.40. The van der Waals surface area contributed by atoms with Gasteiger partial charge >= 0.3 is 6.09 Å². The Hall–Kier alpha value is -4.52. The number of halogens is 1. The molecule has 1 atom stereocenters. The summed E-state index contributed by atoms with van der Waals surface area (Å²) in [6.45, 7) is 9.23. The molecule has 0 aliphatic carbocycles. The van der Waals surface area contributed by atoms with Gasteiger partial charge in [-0.15, -0.1) is 0 Å². The molecule has 0 saturated heterocycles. The number of benzene rings is 3. The molecule has 0 unspecified atom stereocenters. The fraction of sp³-hybridized carbons (Fsp3) is 0.242. The number of nitrogens with zero attached hydrogens (tertiary/aromatic N) is 1. The first-order valence-electron chi connectivity index (χ1n) is 13.1. The Bertz CT molecular complexity index is 1420. The van der Waals surface area contributed by atoms with E-state index >= 15 is 4.39 Å². The van der Waals surface area contributed by atoms with Crippen molar-refractivity contribution in [1.29, 1.82) is 0 Å². The van der Waals surface area contributed by atoms with Crippen molar-refractivity contribution >= 4 is 17.7 Å². The molecule has 0 spiro atoms. The van der Waals surface area contributed by atoms with E-state index in [9.17, 15) is 9.59 Å². The van der Waals surface area contributed by atoms with Crippen LogP contribution in [-0.2, 0) is 9.53 Å². The lowest BCUT2D eigenvalue weighted by molar-refractivity contribution is -0.125. The smallest absolute Gasteiger partial charge is 0.408 e. The minimum atomic E-state index is -1.25. The van der Waals surface area contributed by atoms with E-state index in [-0.39, 0.29) is 5.69 Å². The number of hydrogen-bond donors (Lipinski definition) is 2. The maximum Gasteiger partial charge on any atom is 0.408 e. The second-order valence-electron chi connectivity index (χ2n) is 10.8. The molecular formula is C33H34FN3O3. The summed E-state index contributed by atoms with van der Waals surface area (Å²) in [5, 5.41) is 5.55. The maximum atomic E-state index is 15.4. The number of aromatic nitrogens is 1. The molecule has 2 N–H and O–H groups in total. The minimum Gasteiger partial charge on any atom is -0.435 e. The highest BCUT2D eigenvalue weighted by Crippen LogP contribution is 2.33. The lowest BCUT2D eigenvalue weighted by Crippen LogP contribution is -2.46. The van der Waals surface area contributed by atoms with E-state index < -0.39 is 35.4 Å². The number of hydrogen-bond acceptors (Lipinski definition) is 4. The number of nitrogens with one attached hydrogen (secondary N) is 2. The van der Waals surface area contributed by atoms with Crippen molar-refractivity contribution in [1.82, 2.24) is 10.3 Å². The third-order valence-corrected chi connectivity index (χ3v) is 6.42. The van der Waals surface area contributed by atoms with E-state index in [0.717, 1.165) is 27.8 Å². The van der Waals surface area contributed by atoms with Gasteiger partial charge in [0.1, 0.15) is 5.82 Å². The van der Waals surface area contributed by atoms with Crippen LogP contribution in [0.5, 0.6) is 0 Å². The van der Waals surface area contributed by atoms with Crippen LogP contribution in [0.15, 0.2) is 91.3 Å². The number of aryl methyl sites for hydroxylation is 2. The number of carbonyl (C=O) groups is 2. The quantitative estimate of drug-likeness (QED) is 0.261. The van der Waals surface area contributed by atoms with Crippen molar-refractivity contribution in [3.05, 3.63) is 119 Å². The van der Waals surface area contributed by atoms with Crippen molar-refractivity contribution in [2.45, 2.75) is 52.2 Å². The van der Waals surface area contributed by atoms with Gasteiger partial charge in [0.15, 0.2) is 6.10 Å². The van der Waals surface area contributed by atoms with Crippen molar-refractivity contribution in [2.75, 3.05) is 5.32 Å². The topological polar surface area (TPSA) is 80.3 Å². The Morgan fingerprint density at radius 3 is 1.90 bits per heavy atom. The van der Waals surface area contributed by atoms with Crippen LogP contribution in [0.4, 0.5) is 14.9 Å². The van der Waals surface area contributed by atoms with Gasteiger partial charge in [-0.1, -0.05) is 60.7 Å². The normalized spacial score (nSPS) is 12.1. The van der Waals surface area contributed by atoms with Gasteiger partial charge in [0, 0.05) is 29.2 Å². The molecule has 0 aliphatic rings. The fourth-order valence-corrected chi connectivity index (χ4v) is 4.72. The Labute approximate surface area is 234 Å². The summed E-state index contributed by atoms with van der Waals surface area (Å²) in [5.41, 5.74) is 4.14. The summed E-state index contributed by atoms with van der Waals surface area (Å²) in [6, 6.07) is 23.3. The van der Waals surface area contributed by atoms with Crippen LogP contribution in [0.2, 0.25) is 0 Å². The third kappa shape index (κ3) is 6.91. The van der Waals surface area contributed by atoms with E-state index in [1.165, 1.54) is 6.07 Å². The van der Waals surface area contributed by atoms with Crippen molar-refractivity contribution in [3.8, 4) is 11.1 Å². The van der Waals surface area contributed by atoms with E-state index in [1.807, 2.05) is 95.3 Å². The van der Waals surface area contributed by atoms with Crippen LogP contribution in [0.25, 0.3) is 11.1 Å². The van der Waals surface area contributed by atoms with Gasteiger partial charge in [0.2, 0.25) is 0 Å². The van der Waals surface area contributed by atoms with Gasteiger partial charge < -0.3 is 15.4 Å². The lowest BCUT2D eigenvalue weighted by Gasteiger charge is -2.29. The highest BCUT2D eigenvalue weighted by Gasteiger charge is 2.35. The molecule has 4 rings (SSSR count). The Morgan fingerprint density at radius 1 is 0.850 bits per heavy atom. The van der Waals surface area contributed by atoms with E-state index in [2.05, 4.69) is 15.6 Å². The largest absolute Gasteiger partial charge is 0.435 e. The molecule has 0 saturated carbocycles. The van der Waals surface area contributed by atoms with Gasteiger partial charge in [-0.25, -0.2) is 9.18 Å². The van der Waals surface area contributed by atoms with E-state index in [0.29, 0.717) is 5.56 Å². The van der Waals surface area contributed by atoms with Crippen LogP contribution in [0.3, 0.4) is 0 Å². The predicted octanol–water partition coefficient (Wildman–Crippen LogP) is 7.17. The fourth-order valence-electron chi connectivity index (χ4n) is 4.72. The summed E-state index contributed by atoms with van der Waals surface area (Å²) in [5.74, 6) is -1.68. The number of pyridine rings is 1. The van der Waals surface area contributed by atoms with Gasteiger partial charge in [0.25, 0.3) is 5.91 Å². The first-order chi connectivity index (χ1) is 19.0. The van der Waals surface area contributed by atoms with Crippen molar-refractivity contribution in [3.63, 3.8) is 0 Å². The molecule has 0 fully saturated rings. The predicted molar refractivity (Wildman–Crippen MR) is 156 cm³/mol. The summed E-state index contributed by atoms with van der Waals surface area (Å²) >= 11 is 0. The SMILES string of the molecule is Cc1cncc(C)c1-c1ccc(NC(=O)[C@@H](OC(=O)NC(C)(C)C)C(c2ccccc2)c2ccccc2)cc1F. The Balaban J connectivity index is 1.70. The van der Waals surface area contributed by atoms with Gasteiger partial charge in [-0.05, 0) is 80.6 Å². The number of amides is 2. The van der Waals surface area contributed by atoms with Crippen molar-refractivity contribution in [2.24, 2.45) is 0 Å². The molecule has 4 aromatic rings. The minimum absolute atomic E-state index is 0.250. The van der Waals surface area contributed by atoms with E-state index in [1.54, 1.807) is 24.5 Å². The highest BCUT2D eigenvalue weighted by atomic mass is 19.1. The third-order valence-electron chi connectivity index (χ3n) is 6.42. The van der Waals surface area contributed by atoms with E-state index in [4.69, 9.17) is 4.74 Å². The molecular weight excluding hydrogens is 505 g/mol. The number of carbonyl (C=O) groups excluding carboxylic acids is 2. The number of alkyl carbamates (subject to hydrolysis) is 1. The van der Waals surface area contributed by atoms with Gasteiger partial charge in [-0.2, -0.15) is 0 Å². The average Bonchev–Trinajstić information content (AvgIpc) is 2.89.